The minimum atomic E-state index is -1.63. The molecule has 7 amide bonds. The van der Waals surface area contributed by atoms with E-state index in [9.17, 15) is 79.4 Å². The lowest BCUT2D eigenvalue weighted by molar-refractivity contribution is -0.304. The molecule has 0 radical (unpaired) electrons. The monoisotopic (exact) mass is 1910 g/mol. The number of nitrogens with two attached hydrogens (primary N) is 2. The molecule has 39 heteroatoms. The summed E-state index contributed by atoms with van der Waals surface area (Å²) in [5.41, 5.74) is 9.70. The normalized spacial score (nSPS) is 19.4. The van der Waals surface area contributed by atoms with Gasteiger partial charge in [0.25, 0.3) is 0 Å². The van der Waals surface area contributed by atoms with Crippen LogP contribution < -0.4 is 48.7 Å². The summed E-state index contributed by atoms with van der Waals surface area (Å²) in [7, 11) is 0. The van der Waals surface area contributed by atoms with Gasteiger partial charge in [0, 0.05) is 103 Å². The van der Waals surface area contributed by atoms with Crippen LogP contribution in [0.1, 0.15) is 203 Å². The van der Waals surface area contributed by atoms with Crippen LogP contribution >= 0.6 is 0 Å². The van der Waals surface area contributed by atoms with Crippen LogP contribution in [-0.2, 0) is 91.2 Å². The number of carbonyl (C=O) groups is 10. The molecule has 134 heavy (non-hydrogen) atoms. The number of carbonyl (C=O) groups excluding carboxylic acids is 9. The molecule has 4 aliphatic rings. The zero-order chi connectivity index (χ0) is 102. The number of halogens is 6. The summed E-state index contributed by atoms with van der Waals surface area (Å²) in [5, 5.41) is 55.1. The Kier molecular flexibility index (Phi) is 49.6. The fraction of sp³-hybridized carbons (Fsp3) is 0.579. The number of Topliss-reactive ketones (excluding diaryl/α,β-unsaturated/α-hetero) is 1. The van der Waals surface area contributed by atoms with Crippen LogP contribution in [0.2, 0.25) is 0 Å². The summed E-state index contributed by atoms with van der Waals surface area (Å²) >= 11 is 0. The van der Waals surface area contributed by atoms with Crippen molar-refractivity contribution in [2.24, 2.45) is 44.5 Å². The zero-order valence-electron chi connectivity index (χ0n) is 81.0. The molecule has 0 spiro atoms. The lowest BCUT2D eigenvalue weighted by Gasteiger charge is -2.44. The number of amides is 7. The second-order valence-corrected chi connectivity index (χ2v) is 37.1. The maximum absolute atomic E-state index is 13.7. The number of aliphatic hydroxyl groups excluding tert-OH is 3. The molecular weight excluding hydrogens is 1770 g/mol. The van der Waals surface area contributed by atoms with Crippen molar-refractivity contribution < 1.29 is 142 Å². The van der Waals surface area contributed by atoms with Gasteiger partial charge in [-0.25, -0.2) is 50.3 Å². The third-order valence-electron chi connectivity index (χ3n) is 19.9. The molecule has 0 aromatic heterocycles. The zero-order valence-corrected chi connectivity index (χ0v) is 81.0. The molecule has 4 fully saturated rings. The average Bonchev–Trinajstić information content (AvgIpc) is 0.898. The Morgan fingerprint density at radius 3 is 1.10 bits per heavy atom. The van der Waals surface area contributed by atoms with Crippen molar-refractivity contribution in [2.45, 2.75) is 258 Å². The van der Waals surface area contributed by atoms with Crippen LogP contribution in [-0.4, -0.2) is 218 Å². The first-order valence-corrected chi connectivity index (χ1v) is 43.7. The maximum atomic E-state index is 13.7. The van der Waals surface area contributed by atoms with E-state index in [-0.39, 0.29) is 112 Å². The van der Waals surface area contributed by atoms with Crippen molar-refractivity contribution in [3.8, 4) is 0 Å². The molecule has 33 nitrogen and oxygen atoms in total. The third-order valence-corrected chi connectivity index (χ3v) is 19.9. The number of benzene rings is 5. The molecule has 10 atom stereocenters. The molecule has 5 aromatic carbocycles. The number of alkyl carbamates (subject to hydrolysis) is 3. The molecule has 0 aliphatic carbocycles. The second-order valence-electron chi connectivity index (χ2n) is 37.1. The highest BCUT2D eigenvalue weighted by Gasteiger charge is 2.49. The van der Waals surface area contributed by atoms with Crippen LogP contribution in [0.4, 0.5) is 40.7 Å². The summed E-state index contributed by atoms with van der Waals surface area (Å²) in [5.74, 6) is -14.6. The van der Waals surface area contributed by atoms with Crippen LogP contribution in [0, 0.1) is 67.9 Å². The SMILES string of the molecule is CC.CC1(C)COC(=O)[C@@H]1O.C[C@@H](N)CNC(=O)[C@@H]1OC(C)(C)OCC1(C)C.C[C@H](CN)NC(=O)OCc1ccccc1.C[C@H](CNC(=O)[C@@H]1OC(C)(C)OCC1(C)C)CC(=O)c1cc(F)c(F)cc1F.C[C@H](CNC(=O)[C@@H]1OC(C)(C)OCC1(C)C)NC(=O)OCc1ccccc1.C[C@H](CNC(=O)[C@H](O)C(C)(C)CO)NC(=O)OCc1ccccc1.O=C(O)c1cc(F)c(F)cc1F. The third kappa shape index (κ3) is 43.5. The van der Waals surface area contributed by atoms with Gasteiger partial charge in [-0.1, -0.05) is 181 Å². The number of rotatable bonds is 28. The van der Waals surface area contributed by atoms with Crippen LogP contribution in [0.5, 0.6) is 0 Å². The molecule has 4 heterocycles. The molecule has 9 rings (SSSR count). The van der Waals surface area contributed by atoms with Gasteiger partial charge in [0.05, 0.1) is 44.2 Å². The van der Waals surface area contributed by atoms with E-state index in [1.807, 2.05) is 174 Å². The van der Waals surface area contributed by atoms with Gasteiger partial charge in [-0.3, -0.25) is 24.0 Å². The van der Waals surface area contributed by atoms with E-state index in [1.165, 1.54) is 0 Å². The Labute approximate surface area is 781 Å². The van der Waals surface area contributed by atoms with E-state index in [2.05, 4.69) is 42.0 Å². The number of esters is 1. The van der Waals surface area contributed by atoms with E-state index in [4.69, 9.17) is 69.4 Å². The van der Waals surface area contributed by atoms with Crippen molar-refractivity contribution in [1.82, 2.24) is 37.2 Å². The van der Waals surface area contributed by atoms with Crippen molar-refractivity contribution in [3.05, 3.63) is 178 Å². The lowest BCUT2D eigenvalue weighted by Crippen LogP contribution is -2.57. The number of carboxylic acid groups (broad SMARTS) is 1. The molecular formula is C95H141F6N9O24. The number of ketones is 1. The Hall–Kier alpha value is -10.5. The highest BCUT2D eigenvalue weighted by Crippen LogP contribution is 2.38. The predicted molar refractivity (Wildman–Crippen MR) is 485 cm³/mol. The standard InChI is InChI=1S/C20H26F3NO4.C20H30N2O5.C17H26N2O5.C12H24N2O3.C11H16N2O2.C7H3F3O2.C6H10O3.C2H6/c1-11(6-16(25)12-7-14(22)15(23)8-13(12)21)9-24-18(26)17-19(2,3)10-27-20(4,5)28-17;1-14(22-18(24)25-12-15-9-7-6-8-10-15)11-21-17(23)16-19(2,3)13-26-20(4,5)27-16;1-12(9-18-15(22)14(21)17(2,3)11-20)19-16(23)24-10-13-7-5-4-6-8-13;1-8(13)6-14-10(15)9-11(2,3)7-16-12(4,5)17-9;1-9(7-12)13-11(14)15-8-10-5-3-2-4-6-10;8-4-2-6(10)5(9)1-3(4)7(11)12;1-6(2)3-9-5(8)4(6)7;1-2/h7-8,11,17H,6,9-10H2,1-5H3,(H,24,26);6-10,14,16H,11-13H2,1-5H3,(H,21,23)(H,22,24);4-8,12,14,20-21H,9-11H2,1-3H3,(H,18,22)(H,19,23);8-9H,6-7,13H2,1-5H3,(H,14,15);2-6,9H,7-8,12H2,1H3,(H,13,14);1-2H,(H,11,12);4,7H,3H2,1-2H3;1-2H3/t11-,17-;14-,16+;12-,14+;8-,9+;9-;;4-;/m01111.0./s1. The second kappa shape index (κ2) is 55.5. The van der Waals surface area contributed by atoms with Crippen molar-refractivity contribution in [3.63, 3.8) is 0 Å². The van der Waals surface area contributed by atoms with Gasteiger partial charge < -0.3 is 116 Å². The highest BCUT2D eigenvalue weighted by atomic mass is 19.2. The van der Waals surface area contributed by atoms with Gasteiger partial charge in [0.1, 0.15) is 55.9 Å². The molecule has 752 valence electrons. The van der Waals surface area contributed by atoms with Gasteiger partial charge in [0.15, 0.2) is 52.5 Å². The molecule has 0 bridgehead atoms. The summed E-state index contributed by atoms with van der Waals surface area (Å²) in [6.07, 6.45) is -5.81. The summed E-state index contributed by atoms with van der Waals surface area (Å²) < 4.78 is 131. The van der Waals surface area contributed by atoms with E-state index in [1.54, 1.807) is 76.2 Å². The molecule has 15 N–H and O–H groups in total. The largest absolute Gasteiger partial charge is 0.478 e. The predicted octanol–water partition coefficient (Wildman–Crippen LogP) is 11.6. The first-order valence-electron chi connectivity index (χ1n) is 43.7. The van der Waals surface area contributed by atoms with E-state index < -0.39 is 157 Å². The highest BCUT2D eigenvalue weighted by molar-refractivity contribution is 5.96. The van der Waals surface area contributed by atoms with Crippen molar-refractivity contribution in [2.75, 3.05) is 65.8 Å². The fourth-order valence-electron chi connectivity index (χ4n) is 11.5. The fourth-order valence-corrected chi connectivity index (χ4v) is 11.5. The van der Waals surface area contributed by atoms with E-state index in [0.29, 0.717) is 57.7 Å². The Morgan fingerprint density at radius 2 is 0.791 bits per heavy atom. The molecule has 4 aliphatic heterocycles. The first-order chi connectivity index (χ1) is 62.1. The topological polar surface area (TPSA) is 480 Å². The van der Waals surface area contributed by atoms with E-state index in [0.717, 1.165) is 16.7 Å². The number of nitrogens with one attached hydrogen (secondary N) is 7. The molecule has 0 saturated carbocycles. The van der Waals surface area contributed by atoms with Gasteiger partial charge in [-0.2, -0.15) is 0 Å². The quantitative estimate of drug-likeness (QED) is 0.00727. The molecule has 4 saturated heterocycles. The minimum Gasteiger partial charge on any atom is -0.478 e. The Balaban J connectivity index is 0.000000541. The number of hydrogen-bond acceptors (Lipinski definition) is 25. The summed E-state index contributed by atoms with van der Waals surface area (Å²) in [4.78, 5) is 117. The number of ether oxygens (including phenoxy) is 10. The molecule has 5 aromatic rings. The minimum absolute atomic E-state index is 0.0603. The Morgan fingerprint density at radius 1 is 0.470 bits per heavy atom. The Bertz CT molecular complexity index is 4540. The number of cyclic esters (lactones) is 1. The molecule has 0 unspecified atom stereocenters. The van der Waals surface area contributed by atoms with Gasteiger partial charge in [-0.15, -0.1) is 0 Å². The van der Waals surface area contributed by atoms with Gasteiger partial charge in [0.2, 0.25) is 23.6 Å². The summed E-state index contributed by atoms with van der Waals surface area (Å²) in [6, 6.07) is 28.9. The number of carboxylic acids is 1. The number of hydrogen-bond donors (Lipinski definition) is 13. The van der Waals surface area contributed by atoms with Crippen LogP contribution in [0.3, 0.4) is 0 Å². The number of aromatic carboxylic acids is 1. The maximum Gasteiger partial charge on any atom is 0.407 e. The van der Waals surface area contributed by atoms with Crippen molar-refractivity contribution >= 4 is 59.6 Å². The average molecular weight is 1910 g/mol. The lowest BCUT2D eigenvalue weighted by atomic mass is 9.85. The smallest absolute Gasteiger partial charge is 0.407 e. The summed E-state index contributed by atoms with van der Waals surface area (Å²) in [6.45, 7) is 45.1. The van der Waals surface area contributed by atoms with Crippen molar-refractivity contribution in [1.29, 1.82) is 0 Å². The number of aliphatic hydroxyl groups is 3. The van der Waals surface area contributed by atoms with Crippen LogP contribution in [0.15, 0.2) is 115 Å². The van der Waals surface area contributed by atoms with Gasteiger partial charge >= 0.3 is 30.2 Å². The first kappa shape index (κ1) is 120. The van der Waals surface area contributed by atoms with Crippen LogP contribution in [0.25, 0.3) is 0 Å². The van der Waals surface area contributed by atoms with Gasteiger partial charge in [-0.05, 0) is 104 Å². The van der Waals surface area contributed by atoms with E-state index >= 15 is 0 Å².